The Labute approximate surface area is 108 Å². The van der Waals surface area contributed by atoms with Crippen LogP contribution in [0.3, 0.4) is 0 Å². The molecule has 1 aliphatic rings. The number of halogens is 1. The molecule has 1 unspecified atom stereocenters. The second-order valence-electron chi connectivity index (χ2n) is 5.17. The highest BCUT2D eigenvalue weighted by molar-refractivity contribution is 5.14. The van der Waals surface area contributed by atoms with Crippen LogP contribution in [0.4, 0.5) is 4.39 Å². The summed E-state index contributed by atoms with van der Waals surface area (Å²) in [4.78, 5) is 6.33. The van der Waals surface area contributed by atoms with Gasteiger partial charge in [0, 0.05) is 12.2 Å². The number of hydrogen-bond acceptors (Lipinski definition) is 3. The van der Waals surface area contributed by atoms with Crippen molar-refractivity contribution in [1.29, 1.82) is 0 Å². The smallest absolute Gasteiger partial charge is 0.141 e. The SMILES string of the molecule is CC(c1cncc(F)c1)N1CCC(CCN)CC1. The van der Waals surface area contributed by atoms with E-state index in [0.29, 0.717) is 0 Å². The molecule has 1 saturated heterocycles. The van der Waals surface area contributed by atoms with Crippen molar-refractivity contribution in [2.75, 3.05) is 19.6 Å². The summed E-state index contributed by atoms with van der Waals surface area (Å²) in [5.74, 6) is 0.515. The van der Waals surface area contributed by atoms with Gasteiger partial charge < -0.3 is 5.73 Å². The van der Waals surface area contributed by atoms with Crippen LogP contribution in [0.15, 0.2) is 18.5 Å². The topological polar surface area (TPSA) is 42.2 Å². The highest BCUT2D eigenvalue weighted by Gasteiger charge is 2.23. The highest BCUT2D eigenvalue weighted by atomic mass is 19.1. The van der Waals surface area contributed by atoms with E-state index in [9.17, 15) is 4.39 Å². The molecule has 4 heteroatoms. The fourth-order valence-corrected chi connectivity index (χ4v) is 2.73. The van der Waals surface area contributed by atoms with Crippen molar-refractivity contribution in [2.45, 2.75) is 32.2 Å². The Balaban J connectivity index is 1.93. The van der Waals surface area contributed by atoms with E-state index in [1.54, 1.807) is 12.3 Å². The van der Waals surface area contributed by atoms with Gasteiger partial charge in [-0.1, -0.05) is 0 Å². The van der Waals surface area contributed by atoms with Gasteiger partial charge in [-0.25, -0.2) is 4.39 Å². The molecule has 0 bridgehead atoms. The maximum Gasteiger partial charge on any atom is 0.141 e. The van der Waals surface area contributed by atoms with Gasteiger partial charge in [-0.15, -0.1) is 0 Å². The number of aromatic nitrogens is 1. The van der Waals surface area contributed by atoms with Gasteiger partial charge in [0.2, 0.25) is 0 Å². The van der Waals surface area contributed by atoms with Crippen molar-refractivity contribution in [3.63, 3.8) is 0 Å². The fraction of sp³-hybridized carbons (Fsp3) is 0.643. The zero-order chi connectivity index (χ0) is 13.0. The lowest BCUT2D eigenvalue weighted by atomic mass is 9.92. The molecule has 3 nitrogen and oxygen atoms in total. The number of hydrogen-bond donors (Lipinski definition) is 1. The molecule has 100 valence electrons. The Kier molecular flexibility index (Phi) is 4.66. The van der Waals surface area contributed by atoms with Crippen molar-refractivity contribution in [3.8, 4) is 0 Å². The summed E-state index contributed by atoms with van der Waals surface area (Å²) in [6.07, 6.45) is 6.54. The quantitative estimate of drug-likeness (QED) is 0.893. The Hall–Kier alpha value is -1.00. The van der Waals surface area contributed by atoms with E-state index in [-0.39, 0.29) is 11.9 Å². The highest BCUT2D eigenvalue weighted by Crippen LogP contribution is 2.27. The molecule has 2 rings (SSSR count). The summed E-state index contributed by atoms with van der Waals surface area (Å²) >= 11 is 0. The average Bonchev–Trinajstić information content (AvgIpc) is 2.39. The van der Waals surface area contributed by atoms with Crippen LogP contribution < -0.4 is 5.73 Å². The second-order valence-corrected chi connectivity index (χ2v) is 5.17. The molecule has 1 aliphatic heterocycles. The number of pyridine rings is 1. The Morgan fingerprint density at radius 3 is 2.78 bits per heavy atom. The predicted octanol–water partition coefficient (Wildman–Crippen LogP) is 2.34. The predicted molar refractivity (Wildman–Crippen MR) is 70.6 cm³/mol. The van der Waals surface area contributed by atoms with Crippen LogP contribution in [0, 0.1) is 11.7 Å². The van der Waals surface area contributed by atoms with E-state index in [1.807, 2.05) is 0 Å². The first-order valence-corrected chi connectivity index (χ1v) is 6.75. The molecule has 0 aliphatic carbocycles. The van der Waals surface area contributed by atoms with Crippen LogP contribution in [-0.2, 0) is 0 Å². The molecule has 0 amide bonds. The molecule has 0 spiro atoms. The third-order valence-electron chi connectivity index (χ3n) is 3.98. The molecular weight excluding hydrogens is 229 g/mol. The summed E-state index contributed by atoms with van der Waals surface area (Å²) in [6, 6.07) is 1.83. The third-order valence-corrected chi connectivity index (χ3v) is 3.98. The Morgan fingerprint density at radius 1 is 1.44 bits per heavy atom. The molecule has 1 aromatic rings. The molecule has 0 aromatic carbocycles. The normalized spacial score (nSPS) is 19.9. The van der Waals surface area contributed by atoms with Gasteiger partial charge in [-0.3, -0.25) is 9.88 Å². The van der Waals surface area contributed by atoms with Crippen LogP contribution in [0.2, 0.25) is 0 Å². The fourth-order valence-electron chi connectivity index (χ4n) is 2.73. The Morgan fingerprint density at radius 2 is 2.17 bits per heavy atom. The van der Waals surface area contributed by atoms with Gasteiger partial charge in [0.1, 0.15) is 5.82 Å². The van der Waals surface area contributed by atoms with Gasteiger partial charge in [-0.2, -0.15) is 0 Å². The zero-order valence-corrected chi connectivity index (χ0v) is 11.0. The second kappa shape index (κ2) is 6.25. The van der Waals surface area contributed by atoms with Gasteiger partial charge in [0.05, 0.1) is 6.20 Å². The van der Waals surface area contributed by atoms with Crippen molar-refractivity contribution in [3.05, 3.63) is 29.8 Å². The maximum absolute atomic E-state index is 13.2. The monoisotopic (exact) mass is 251 g/mol. The summed E-state index contributed by atoms with van der Waals surface area (Å²) in [5, 5.41) is 0. The lowest BCUT2D eigenvalue weighted by Gasteiger charge is -2.36. The minimum absolute atomic E-state index is 0.243. The minimum Gasteiger partial charge on any atom is -0.330 e. The van der Waals surface area contributed by atoms with Crippen LogP contribution >= 0.6 is 0 Å². The van der Waals surface area contributed by atoms with Crippen LogP contribution in [0.5, 0.6) is 0 Å². The number of nitrogens with two attached hydrogens (primary N) is 1. The van der Waals surface area contributed by atoms with Crippen molar-refractivity contribution in [1.82, 2.24) is 9.88 Å². The summed E-state index contributed by atoms with van der Waals surface area (Å²) in [5.41, 5.74) is 6.56. The molecular formula is C14H22FN3. The third kappa shape index (κ3) is 3.27. The van der Waals surface area contributed by atoms with E-state index in [2.05, 4.69) is 16.8 Å². The molecule has 1 fully saturated rings. The van der Waals surface area contributed by atoms with Gasteiger partial charge in [0.25, 0.3) is 0 Å². The lowest BCUT2D eigenvalue weighted by Crippen LogP contribution is -2.36. The van der Waals surface area contributed by atoms with E-state index in [0.717, 1.165) is 37.5 Å². The van der Waals surface area contributed by atoms with E-state index >= 15 is 0 Å². The summed E-state index contributed by atoms with van der Waals surface area (Å²) in [6.45, 7) is 5.05. The number of nitrogens with zero attached hydrogens (tertiary/aromatic N) is 2. The number of rotatable bonds is 4. The Bertz CT molecular complexity index is 375. The standard InChI is InChI=1S/C14H22FN3/c1-11(13-8-14(15)10-17-9-13)18-6-3-12(2-5-16)4-7-18/h8-12H,2-7,16H2,1H3. The molecule has 2 heterocycles. The van der Waals surface area contributed by atoms with Crippen molar-refractivity contribution < 1.29 is 4.39 Å². The molecule has 0 radical (unpaired) electrons. The van der Waals surface area contributed by atoms with Gasteiger partial charge in [0.15, 0.2) is 0 Å². The van der Waals surface area contributed by atoms with Crippen molar-refractivity contribution in [2.24, 2.45) is 11.7 Å². The first-order chi connectivity index (χ1) is 8.70. The molecule has 0 saturated carbocycles. The van der Waals surface area contributed by atoms with Crippen LogP contribution in [-0.4, -0.2) is 29.5 Å². The van der Waals surface area contributed by atoms with Crippen LogP contribution in [0.25, 0.3) is 0 Å². The van der Waals surface area contributed by atoms with Gasteiger partial charge >= 0.3 is 0 Å². The first-order valence-electron chi connectivity index (χ1n) is 6.75. The maximum atomic E-state index is 13.2. The molecule has 1 aromatic heterocycles. The van der Waals surface area contributed by atoms with E-state index in [1.165, 1.54) is 19.0 Å². The average molecular weight is 251 g/mol. The molecule has 2 N–H and O–H groups in total. The summed E-state index contributed by atoms with van der Waals surface area (Å²) < 4.78 is 13.2. The largest absolute Gasteiger partial charge is 0.330 e. The lowest BCUT2D eigenvalue weighted by molar-refractivity contribution is 0.138. The zero-order valence-electron chi connectivity index (χ0n) is 11.0. The van der Waals surface area contributed by atoms with Crippen LogP contribution in [0.1, 0.15) is 37.8 Å². The number of likely N-dealkylation sites (tertiary alicyclic amines) is 1. The minimum atomic E-state index is -0.252. The first kappa shape index (κ1) is 13.4. The van der Waals surface area contributed by atoms with Crippen molar-refractivity contribution >= 4 is 0 Å². The summed E-state index contributed by atoms with van der Waals surface area (Å²) in [7, 11) is 0. The van der Waals surface area contributed by atoms with E-state index in [4.69, 9.17) is 5.73 Å². The van der Waals surface area contributed by atoms with Gasteiger partial charge in [-0.05, 0) is 63.4 Å². The molecule has 1 atom stereocenters. The number of piperidine rings is 1. The molecule has 18 heavy (non-hydrogen) atoms. The van der Waals surface area contributed by atoms with E-state index < -0.39 is 0 Å².